The molecule has 3 heterocycles. The maximum absolute atomic E-state index is 5.47. The predicted molar refractivity (Wildman–Crippen MR) is 88.0 cm³/mol. The number of nitrogens with zero attached hydrogens (tertiary/aromatic N) is 3. The van der Waals surface area contributed by atoms with Gasteiger partial charge in [0.25, 0.3) is 0 Å². The fourth-order valence-electron chi connectivity index (χ4n) is 3.40. The Kier molecular flexibility index (Phi) is 4.85. The summed E-state index contributed by atoms with van der Waals surface area (Å²) in [6, 6.07) is 2.97. The zero-order valence-electron chi connectivity index (χ0n) is 14.3. The molecule has 2 aliphatic rings. The van der Waals surface area contributed by atoms with E-state index in [1.807, 2.05) is 0 Å². The molecule has 5 heteroatoms. The standard InChI is InChI=1S/C17H30N4O/c1-17(2,3)16-12-14(18-19-16)13-20-6-8-21(9-7-20)15-4-10-22-11-5-15/h12,15H,4-11,13H2,1-3H3,(H,18,19). The van der Waals surface area contributed by atoms with Gasteiger partial charge in [0.2, 0.25) is 0 Å². The van der Waals surface area contributed by atoms with Gasteiger partial charge in [-0.15, -0.1) is 0 Å². The monoisotopic (exact) mass is 306 g/mol. The number of hydrogen-bond acceptors (Lipinski definition) is 4. The summed E-state index contributed by atoms with van der Waals surface area (Å²) in [5, 5.41) is 7.68. The summed E-state index contributed by atoms with van der Waals surface area (Å²) in [6.07, 6.45) is 2.41. The highest BCUT2D eigenvalue weighted by molar-refractivity contribution is 5.16. The summed E-state index contributed by atoms with van der Waals surface area (Å²) in [6.45, 7) is 14.2. The van der Waals surface area contributed by atoms with Crippen molar-refractivity contribution in [2.24, 2.45) is 0 Å². The molecule has 0 saturated carbocycles. The third kappa shape index (κ3) is 3.89. The van der Waals surface area contributed by atoms with Crippen molar-refractivity contribution in [1.82, 2.24) is 20.0 Å². The van der Waals surface area contributed by atoms with E-state index in [4.69, 9.17) is 4.74 Å². The van der Waals surface area contributed by atoms with Crippen molar-refractivity contribution < 1.29 is 4.74 Å². The molecule has 2 saturated heterocycles. The molecule has 0 spiro atoms. The van der Waals surface area contributed by atoms with Gasteiger partial charge in [0.15, 0.2) is 0 Å². The molecule has 0 unspecified atom stereocenters. The molecule has 2 aliphatic heterocycles. The van der Waals surface area contributed by atoms with Crippen LogP contribution in [0.2, 0.25) is 0 Å². The smallest absolute Gasteiger partial charge is 0.0678 e. The van der Waals surface area contributed by atoms with Crippen LogP contribution in [0.25, 0.3) is 0 Å². The maximum atomic E-state index is 5.47. The van der Waals surface area contributed by atoms with Crippen molar-refractivity contribution >= 4 is 0 Å². The second-order valence-electron chi connectivity index (χ2n) is 7.68. The first kappa shape index (κ1) is 16.0. The summed E-state index contributed by atoms with van der Waals surface area (Å²) >= 11 is 0. The molecule has 2 fully saturated rings. The van der Waals surface area contributed by atoms with Gasteiger partial charge in [0, 0.05) is 63.1 Å². The zero-order valence-corrected chi connectivity index (χ0v) is 14.3. The minimum absolute atomic E-state index is 0.122. The number of ether oxygens (including phenoxy) is 1. The van der Waals surface area contributed by atoms with Crippen LogP contribution < -0.4 is 0 Å². The largest absolute Gasteiger partial charge is 0.381 e. The molecule has 0 atom stereocenters. The second-order valence-corrected chi connectivity index (χ2v) is 7.68. The molecule has 1 aromatic heterocycles. The Bertz CT molecular complexity index is 465. The topological polar surface area (TPSA) is 44.4 Å². The Morgan fingerprint density at radius 1 is 1.18 bits per heavy atom. The van der Waals surface area contributed by atoms with Crippen LogP contribution in [0, 0.1) is 0 Å². The highest BCUT2D eigenvalue weighted by atomic mass is 16.5. The van der Waals surface area contributed by atoms with Gasteiger partial charge in [0.05, 0.1) is 5.69 Å². The molecule has 5 nitrogen and oxygen atoms in total. The molecule has 0 aromatic carbocycles. The van der Waals surface area contributed by atoms with Gasteiger partial charge in [-0.25, -0.2) is 0 Å². The van der Waals surface area contributed by atoms with Crippen LogP contribution in [-0.2, 0) is 16.7 Å². The van der Waals surface area contributed by atoms with Crippen LogP contribution in [0.5, 0.6) is 0 Å². The Hall–Kier alpha value is -0.910. The predicted octanol–water partition coefficient (Wildman–Crippen LogP) is 2.00. The molecule has 22 heavy (non-hydrogen) atoms. The zero-order chi connectivity index (χ0) is 15.6. The molecule has 0 radical (unpaired) electrons. The Labute approximate surface area is 134 Å². The van der Waals surface area contributed by atoms with Crippen LogP contribution in [-0.4, -0.2) is 65.4 Å². The van der Waals surface area contributed by atoms with Gasteiger partial charge in [-0.05, 0) is 18.9 Å². The number of rotatable bonds is 3. The molecule has 0 amide bonds. The third-order valence-electron chi connectivity index (χ3n) is 4.91. The first-order valence-electron chi connectivity index (χ1n) is 8.61. The van der Waals surface area contributed by atoms with Crippen LogP contribution in [0.1, 0.15) is 45.0 Å². The minimum Gasteiger partial charge on any atom is -0.381 e. The molecule has 124 valence electrons. The fourth-order valence-corrected chi connectivity index (χ4v) is 3.40. The molecular formula is C17H30N4O. The Morgan fingerprint density at radius 3 is 2.45 bits per heavy atom. The van der Waals surface area contributed by atoms with Crippen molar-refractivity contribution in [1.29, 1.82) is 0 Å². The molecule has 0 bridgehead atoms. The van der Waals surface area contributed by atoms with E-state index < -0.39 is 0 Å². The van der Waals surface area contributed by atoms with Crippen LogP contribution in [0.4, 0.5) is 0 Å². The lowest BCUT2D eigenvalue weighted by molar-refractivity contribution is 0.0124. The number of hydrogen-bond donors (Lipinski definition) is 1. The van der Waals surface area contributed by atoms with Crippen molar-refractivity contribution in [3.05, 3.63) is 17.5 Å². The molecule has 1 aromatic rings. The van der Waals surface area contributed by atoms with Gasteiger partial charge in [-0.1, -0.05) is 20.8 Å². The summed E-state index contributed by atoms with van der Waals surface area (Å²) < 4.78 is 5.47. The van der Waals surface area contributed by atoms with E-state index in [2.05, 4.69) is 46.8 Å². The number of nitrogens with one attached hydrogen (secondary N) is 1. The maximum Gasteiger partial charge on any atom is 0.0678 e. The fraction of sp³-hybridized carbons (Fsp3) is 0.824. The first-order chi connectivity index (χ1) is 10.5. The van der Waals surface area contributed by atoms with Crippen molar-refractivity contribution in [3.8, 4) is 0 Å². The average Bonchev–Trinajstić information content (AvgIpc) is 2.98. The average molecular weight is 306 g/mol. The summed E-state index contributed by atoms with van der Waals surface area (Å²) in [4.78, 5) is 5.20. The number of aromatic amines is 1. The van der Waals surface area contributed by atoms with Gasteiger partial charge in [-0.2, -0.15) is 5.10 Å². The second kappa shape index (κ2) is 6.69. The quantitative estimate of drug-likeness (QED) is 0.928. The van der Waals surface area contributed by atoms with E-state index in [0.717, 1.165) is 44.6 Å². The minimum atomic E-state index is 0.122. The van der Waals surface area contributed by atoms with Crippen molar-refractivity contribution in [2.75, 3.05) is 39.4 Å². The van der Waals surface area contributed by atoms with E-state index in [9.17, 15) is 0 Å². The number of piperazine rings is 1. The van der Waals surface area contributed by atoms with Gasteiger partial charge in [0.1, 0.15) is 0 Å². The SMILES string of the molecule is CC(C)(C)c1cc(CN2CCN(C3CCOCC3)CC2)[nH]n1. The molecule has 0 aliphatic carbocycles. The normalized spacial score (nSPS) is 23.0. The lowest BCUT2D eigenvalue weighted by atomic mass is 9.92. The Morgan fingerprint density at radius 2 is 1.86 bits per heavy atom. The first-order valence-corrected chi connectivity index (χ1v) is 8.61. The molecular weight excluding hydrogens is 276 g/mol. The Balaban J connectivity index is 1.48. The highest BCUT2D eigenvalue weighted by Crippen LogP contribution is 2.21. The van der Waals surface area contributed by atoms with Crippen LogP contribution in [0.15, 0.2) is 6.07 Å². The van der Waals surface area contributed by atoms with E-state index in [1.54, 1.807) is 0 Å². The van der Waals surface area contributed by atoms with Crippen molar-refractivity contribution in [3.63, 3.8) is 0 Å². The van der Waals surface area contributed by atoms with E-state index in [1.165, 1.54) is 31.6 Å². The third-order valence-corrected chi connectivity index (χ3v) is 4.91. The lowest BCUT2D eigenvalue weighted by Crippen LogP contribution is -2.51. The lowest BCUT2D eigenvalue weighted by Gasteiger charge is -2.40. The molecule has 1 N–H and O–H groups in total. The summed E-state index contributed by atoms with van der Waals surface area (Å²) in [7, 11) is 0. The van der Waals surface area contributed by atoms with E-state index >= 15 is 0 Å². The van der Waals surface area contributed by atoms with Crippen LogP contribution in [0.3, 0.4) is 0 Å². The van der Waals surface area contributed by atoms with Crippen LogP contribution >= 0.6 is 0 Å². The van der Waals surface area contributed by atoms with Gasteiger partial charge >= 0.3 is 0 Å². The van der Waals surface area contributed by atoms with E-state index in [-0.39, 0.29) is 5.41 Å². The molecule has 3 rings (SSSR count). The van der Waals surface area contributed by atoms with Gasteiger partial charge in [-0.3, -0.25) is 14.9 Å². The van der Waals surface area contributed by atoms with Crippen molar-refractivity contribution in [2.45, 2.75) is 51.6 Å². The highest BCUT2D eigenvalue weighted by Gasteiger charge is 2.26. The summed E-state index contributed by atoms with van der Waals surface area (Å²) in [5.74, 6) is 0. The van der Waals surface area contributed by atoms with Gasteiger partial charge < -0.3 is 4.74 Å². The van der Waals surface area contributed by atoms with E-state index in [0.29, 0.717) is 0 Å². The summed E-state index contributed by atoms with van der Waals surface area (Å²) in [5.41, 5.74) is 2.52. The number of aromatic nitrogens is 2. The number of H-pyrrole nitrogens is 1.